The second-order valence-electron chi connectivity index (χ2n) is 3.95. The molecule has 0 aromatic heterocycles. The van der Waals surface area contributed by atoms with Crippen LogP contribution in [0, 0.1) is 0 Å². The van der Waals surface area contributed by atoms with Crippen molar-refractivity contribution in [1.29, 1.82) is 0 Å². The Morgan fingerprint density at radius 2 is 1.50 bits per heavy atom. The maximum absolute atomic E-state index is 11.8. The van der Waals surface area contributed by atoms with Crippen LogP contribution in [0.25, 0.3) is 0 Å². The van der Waals surface area contributed by atoms with Crippen LogP contribution in [0.15, 0.2) is 18.2 Å². The third-order valence-corrected chi connectivity index (χ3v) is 2.37. The average Bonchev–Trinajstić information content (AvgIpc) is 2.26. The molecule has 0 radical (unpaired) electrons. The van der Waals surface area contributed by atoms with Gasteiger partial charge in [-0.2, -0.15) is 0 Å². The summed E-state index contributed by atoms with van der Waals surface area (Å²) in [6.45, 7) is 0. The second-order valence-corrected chi connectivity index (χ2v) is 3.95. The van der Waals surface area contributed by atoms with Gasteiger partial charge in [0.1, 0.15) is 5.56 Å². The summed E-state index contributed by atoms with van der Waals surface area (Å²) in [7, 11) is 9.01. The van der Waals surface area contributed by atoms with E-state index >= 15 is 0 Å². The number of esters is 1. The molecule has 88 valence electrons. The predicted octanol–water partition coefficient (Wildman–Crippen LogP) is 1.61. The Labute approximate surface area is 96.4 Å². The number of nitrogens with zero attached hydrogens (tertiary/aromatic N) is 2. The summed E-state index contributed by atoms with van der Waals surface area (Å²) in [6.07, 6.45) is 0. The van der Waals surface area contributed by atoms with Crippen molar-refractivity contribution in [1.82, 2.24) is 0 Å². The zero-order valence-electron chi connectivity index (χ0n) is 10.4. The van der Waals surface area contributed by atoms with Gasteiger partial charge in [0.25, 0.3) is 0 Å². The number of benzene rings is 1. The van der Waals surface area contributed by atoms with Gasteiger partial charge in [-0.15, -0.1) is 0 Å². The zero-order valence-corrected chi connectivity index (χ0v) is 10.4. The van der Waals surface area contributed by atoms with Crippen LogP contribution in [0.5, 0.6) is 0 Å². The predicted molar refractivity (Wildman–Crippen MR) is 66.4 cm³/mol. The molecule has 0 spiro atoms. The van der Waals surface area contributed by atoms with Gasteiger partial charge in [0, 0.05) is 28.2 Å². The van der Waals surface area contributed by atoms with E-state index in [0.717, 1.165) is 11.4 Å². The lowest BCUT2D eigenvalue weighted by molar-refractivity contribution is 0.0602. The molecule has 0 aliphatic rings. The largest absolute Gasteiger partial charge is 0.465 e. The lowest BCUT2D eigenvalue weighted by Crippen LogP contribution is -2.19. The van der Waals surface area contributed by atoms with E-state index < -0.39 is 0 Å². The van der Waals surface area contributed by atoms with Crippen molar-refractivity contribution >= 4 is 17.3 Å². The highest BCUT2D eigenvalue weighted by molar-refractivity contribution is 6.01. The van der Waals surface area contributed by atoms with Crippen LogP contribution in [0.4, 0.5) is 11.4 Å². The van der Waals surface area contributed by atoms with Crippen molar-refractivity contribution in [3.8, 4) is 0 Å². The van der Waals surface area contributed by atoms with E-state index in [4.69, 9.17) is 4.74 Å². The Morgan fingerprint density at radius 3 is 1.81 bits per heavy atom. The van der Waals surface area contributed by atoms with Gasteiger partial charge < -0.3 is 14.5 Å². The van der Waals surface area contributed by atoms with Crippen LogP contribution in [0.1, 0.15) is 10.4 Å². The Kier molecular flexibility index (Phi) is 3.77. The van der Waals surface area contributed by atoms with Gasteiger partial charge in [0.05, 0.1) is 18.5 Å². The molecule has 0 saturated carbocycles. The topological polar surface area (TPSA) is 32.8 Å². The standard InChI is InChI=1S/C12H18N2O2/c1-13(2)9-7-6-8-10(14(3)4)11(9)12(15)16-5/h6-8H,1-5H3. The van der Waals surface area contributed by atoms with Crippen molar-refractivity contribution < 1.29 is 9.53 Å². The van der Waals surface area contributed by atoms with Crippen molar-refractivity contribution in [2.45, 2.75) is 0 Å². The van der Waals surface area contributed by atoms with E-state index in [9.17, 15) is 4.79 Å². The minimum absolute atomic E-state index is 0.312. The van der Waals surface area contributed by atoms with Crippen LogP contribution in [0.2, 0.25) is 0 Å². The van der Waals surface area contributed by atoms with Crippen LogP contribution in [-0.2, 0) is 4.74 Å². The van der Waals surface area contributed by atoms with Crippen molar-refractivity contribution in [3.05, 3.63) is 23.8 Å². The molecule has 1 aromatic carbocycles. The molecule has 0 fully saturated rings. The first kappa shape index (κ1) is 12.4. The normalized spacial score (nSPS) is 9.81. The number of carbonyl (C=O) groups is 1. The van der Waals surface area contributed by atoms with Gasteiger partial charge >= 0.3 is 5.97 Å². The molecule has 1 rings (SSSR count). The molecular formula is C12H18N2O2. The Hall–Kier alpha value is -1.71. The third kappa shape index (κ3) is 2.27. The van der Waals surface area contributed by atoms with E-state index in [-0.39, 0.29) is 5.97 Å². The molecule has 0 aliphatic heterocycles. The van der Waals surface area contributed by atoms with Crippen molar-refractivity contribution in [2.24, 2.45) is 0 Å². The van der Waals surface area contributed by atoms with Gasteiger partial charge in [0.2, 0.25) is 0 Å². The SMILES string of the molecule is COC(=O)c1c(N(C)C)cccc1N(C)C. The summed E-state index contributed by atoms with van der Waals surface area (Å²) in [5.41, 5.74) is 2.32. The summed E-state index contributed by atoms with van der Waals surface area (Å²) >= 11 is 0. The first-order valence-electron chi connectivity index (χ1n) is 5.05. The van der Waals surface area contributed by atoms with E-state index in [1.807, 2.05) is 56.2 Å². The molecule has 0 bridgehead atoms. The van der Waals surface area contributed by atoms with E-state index in [1.54, 1.807) is 0 Å². The lowest BCUT2D eigenvalue weighted by Gasteiger charge is -2.22. The Bertz CT molecular complexity index is 360. The summed E-state index contributed by atoms with van der Waals surface area (Å²) in [5.74, 6) is -0.312. The van der Waals surface area contributed by atoms with Gasteiger partial charge in [-0.05, 0) is 12.1 Å². The van der Waals surface area contributed by atoms with Crippen LogP contribution in [0.3, 0.4) is 0 Å². The summed E-state index contributed by atoms with van der Waals surface area (Å²) in [4.78, 5) is 15.6. The average molecular weight is 222 g/mol. The maximum Gasteiger partial charge on any atom is 0.342 e. The zero-order chi connectivity index (χ0) is 12.3. The Morgan fingerprint density at radius 1 is 1.06 bits per heavy atom. The quantitative estimate of drug-likeness (QED) is 0.727. The smallest absolute Gasteiger partial charge is 0.342 e. The molecule has 1 aromatic rings. The third-order valence-electron chi connectivity index (χ3n) is 2.37. The van der Waals surface area contributed by atoms with Gasteiger partial charge in [-0.25, -0.2) is 4.79 Å². The molecule has 0 heterocycles. The van der Waals surface area contributed by atoms with E-state index in [1.165, 1.54) is 7.11 Å². The number of methoxy groups -OCH3 is 1. The number of ether oxygens (including phenoxy) is 1. The Balaban J connectivity index is 3.41. The monoisotopic (exact) mass is 222 g/mol. The van der Waals surface area contributed by atoms with E-state index in [0.29, 0.717) is 5.56 Å². The summed E-state index contributed by atoms with van der Waals surface area (Å²) < 4.78 is 4.83. The molecule has 0 N–H and O–H groups in total. The number of hydrogen-bond acceptors (Lipinski definition) is 4. The van der Waals surface area contributed by atoms with Gasteiger partial charge in [0.15, 0.2) is 0 Å². The van der Waals surface area contributed by atoms with Gasteiger partial charge in [-0.1, -0.05) is 6.07 Å². The molecule has 4 nitrogen and oxygen atoms in total. The molecule has 0 aliphatic carbocycles. The van der Waals surface area contributed by atoms with Gasteiger partial charge in [-0.3, -0.25) is 0 Å². The first-order valence-corrected chi connectivity index (χ1v) is 5.05. The molecule has 0 atom stereocenters. The molecule has 0 amide bonds. The first-order chi connectivity index (χ1) is 7.49. The van der Waals surface area contributed by atoms with Crippen LogP contribution < -0.4 is 9.80 Å². The molecular weight excluding hydrogens is 204 g/mol. The maximum atomic E-state index is 11.8. The molecule has 16 heavy (non-hydrogen) atoms. The minimum Gasteiger partial charge on any atom is -0.465 e. The second kappa shape index (κ2) is 4.88. The highest BCUT2D eigenvalue weighted by Crippen LogP contribution is 2.28. The van der Waals surface area contributed by atoms with Crippen LogP contribution in [-0.4, -0.2) is 41.3 Å². The molecule has 4 heteroatoms. The number of anilines is 2. The highest BCUT2D eigenvalue weighted by Gasteiger charge is 2.19. The fourth-order valence-electron chi connectivity index (χ4n) is 1.58. The summed E-state index contributed by atoms with van der Waals surface area (Å²) in [5, 5.41) is 0. The molecule has 0 saturated heterocycles. The number of hydrogen-bond donors (Lipinski definition) is 0. The van der Waals surface area contributed by atoms with E-state index in [2.05, 4.69) is 0 Å². The highest BCUT2D eigenvalue weighted by atomic mass is 16.5. The minimum atomic E-state index is -0.312. The number of carbonyl (C=O) groups excluding carboxylic acids is 1. The molecule has 0 unspecified atom stereocenters. The fraction of sp³-hybridized carbons (Fsp3) is 0.417. The van der Waals surface area contributed by atoms with Crippen molar-refractivity contribution in [2.75, 3.05) is 45.1 Å². The number of rotatable bonds is 3. The summed E-state index contributed by atoms with van der Waals surface area (Å²) in [6, 6.07) is 5.73. The fourth-order valence-corrected chi connectivity index (χ4v) is 1.58. The van der Waals surface area contributed by atoms with Crippen molar-refractivity contribution in [3.63, 3.8) is 0 Å². The lowest BCUT2D eigenvalue weighted by atomic mass is 10.1. The van der Waals surface area contributed by atoms with Crippen LogP contribution >= 0.6 is 0 Å².